The number of ether oxygens (including phenoxy) is 1. The van der Waals surface area contributed by atoms with Gasteiger partial charge in [-0.05, 0) is 67.1 Å². The van der Waals surface area contributed by atoms with Crippen LogP contribution in [0, 0.1) is 15.3 Å². The fourth-order valence-corrected chi connectivity index (χ4v) is 4.25. The predicted octanol–water partition coefficient (Wildman–Crippen LogP) is 3.96. The first-order valence-corrected chi connectivity index (χ1v) is 9.07. The minimum Gasteiger partial charge on any atom is -0.465 e. The molecular formula is C16H17FINO3S. The Morgan fingerprint density at radius 1 is 1.43 bits per heavy atom. The third kappa shape index (κ3) is 4.06. The minimum absolute atomic E-state index is 0.103. The summed E-state index contributed by atoms with van der Waals surface area (Å²) >= 11 is 3.27. The van der Waals surface area contributed by atoms with Crippen molar-refractivity contribution in [3.8, 4) is 0 Å². The zero-order valence-corrected chi connectivity index (χ0v) is 16.0. The Hall–Kier alpha value is -1.09. The van der Waals surface area contributed by atoms with Crippen LogP contribution in [-0.4, -0.2) is 23.7 Å². The van der Waals surface area contributed by atoms with Gasteiger partial charge in [-0.15, -0.1) is 0 Å². The molecule has 0 radical (unpaired) electrons. The average molecular weight is 449 g/mol. The third-order valence-electron chi connectivity index (χ3n) is 3.46. The number of carbonyl (C=O) groups excluding carboxylic acids is 2. The molecule has 1 aliphatic heterocycles. The lowest BCUT2D eigenvalue weighted by molar-refractivity contribution is -0.146. The van der Waals surface area contributed by atoms with Crippen LogP contribution in [-0.2, 0) is 14.3 Å². The van der Waals surface area contributed by atoms with E-state index in [1.54, 1.807) is 26.0 Å². The summed E-state index contributed by atoms with van der Waals surface area (Å²) in [7, 11) is 0. The molecule has 1 aliphatic rings. The Kier molecular flexibility index (Phi) is 6.07. The smallest absolute Gasteiger partial charge is 0.316 e. The molecule has 2 atom stereocenters. The van der Waals surface area contributed by atoms with Gasteiger partial charge in [-0.3, -0.25) is 9.59 Å². The summed E-state index contributed by atoms with van der Waals surface area (Å²) in [6.45, 7) is 5.19. The van der Waals surface area contributed by atoms with Crippen LogP contribution in [0.15, 0.2) is 28.7 Å². The van der Waals surface area contributed by atoms with E-state index in [2.05, 4.69) is 5.32 Å². The standard InChI is InChI=1S/C16H17FINO3S/c1-4-22-16(21)13-8(2)14(9(3)20)23-15(13)19-12-6-5-10(18)7-11(12)17/h5-7,13,15,19H,4H2,1-3H3. The van der Waals surface area contributed by atoms with Crippen molar-refractivity contribution in [2.45, 2.75) is 26.1 Å². The first-order chi connectivity index (χ1) is 10.8. The van der Waals surface area contributed by atoms with Gasteiger partial charge in [0.2, 0.25) is 0 Å². The van der Waals surface area contributed by atoms with Gasteiger partial charge >= 0.3 is 5.97 Å². The predicted molar refractivity (Wildman–Crippen MR) is 97.6 cm³/mol. The maximum Gasteiger partial charge on any atom is 0.316 e. The largest absolute Gasteiger partial charge is 0.465 e. The minimum atomic E-state index is -0.613. The molecule has 0 amide bonds. The molecule has 4 nitrogen and oxygen atoms in total. The highest BCUT2D eigenvalue weighted by Gasteiger charge is 2.41. The molecule has 124 valence electrons. The van der Waals surface area contributed by atoms with Gasteiger partial charge in [0.15, 0.2) is 5.78 Å². The van der Waals surface area contributed by atoms with Crippen molar-refractivity contribution in [1.82, 2.24) is 0 Å². The van der Waals surface area contributed by atoms with Gasteiger partial charge in [-0.2, -0.15) is 0 Å². The summed E-state index contributed by atoms with van der Waals surface area (Å²) in [6.07, 6.45) is 0. The van der Waals surface area contributed by atoms with E-state index in [1.165, 1.54) is 24.8 Å². The molecule has 0 saturated heterocycles. The highest BCUT2D eigenvalue weighted by molar-refractivity contribution is 14.1. The summed E-state index contributed by atoms with van der Waals surface area (Å²) in [5, 5.41) is 2.56. The van der Waals surface area contributed by atoms with Crippen molar-refractivity contribution >= 4 is 51.8 Å². The lowest BCUT2D eigenvalue weighted by atomic mass is 9.99. The number of ketones is 1. The number of anilines is 1. The number of Topliss-reactive ketones (excluding diaryl/α,β-unsaturated/α-hetero) is 1. The Bertz CT molecular complexity index is 677. The SMILES string of the molecule is CCOC(=O)C1C(C)=C(C(C)=O)SC1Nc1ccc(I)cc1F. The van der Waals surface area contributed by atoms with Gasteiger partial charge in [0.1, 0.15) is 11.7 Å². The number of halogens is 2. The van der Waals surface area contributed by atoms with Crippen molar-refractivity contribution in [3.63, 3.8) is 0 Å². The molecule has 7 heteroatoms. The second kappa shape index (κ2) is 7.65. The Labute approximate surface area is 152 Å². The van der Waals surface area contributed by atoms with E-state index in [-0.39, 0.29) is 12.4 Å². The van der Waals surface area contributed by atoms with Gasteiger partial charge in [0.25, 0.3) is 0 Å². The van der Waals surface area contributed by atoms with Gasteiger partial charge in [0, 0.05) is 3.57 Å². The summed E-state index contributed by atoms with van der Waals surface area (Å²) in [6, 6.07) is 4.81. The third-order valence-corrected chi connectivity index (χ3v) is 5.62. The van der Waals surface area contributed by atoms with Crippen molar-refractivity contribution in [3.05, 3.63) is 38.1 Å². The maximum atomic E-state index is 14.1. The average Bonchev–Trinajstić information content (AvgIpc) is 2.79. The van der Waals surface area contributed by atoms with Crippen LogP contribution in [0.2, 0.25) is 0 Å². The van der Waals surface area contributed by atoms with Crippen LogP contribution >= 0.6 is 34.4 Å². The normalized spacial score (nSPS) is 20.6. The molecule has 1 N–H and O–H groups in total. The first kappa shape index (κ1) is 18.3. The summed E-state index contributed by atoms with van der Waals surface area (Å²) in [5.41, 5.74) is 0.971. The van der Waals surface area contributed by atoms with E-state index in [9.17, 15) is 14.0 Å². The number of rotatable bonds is 5. The zero-order chi connectivity index (χ0) is 17.1. The lowest BCUT2D eigenvalue weighted by Crippen LogP contribution is -2.31. The van der Waals surface area contributed by atoms with Crippen LogP contribution in [0.25, 0.3) is 0 Å². The number of hydrogen-bond acceptors (Lipinski definition) is 5. The lowest BCUT2D eigenvalue weighted by Gasteiger charge is -2.21. The molecule has 0 saturated carbocycles. The molecule has 0 spiro atoms. The molecule has 0 fully saturated rings. The number of nitrogens with one attached hydrogen (secondary N) is 1. The number of esters is 1. The number of benzene rings is 1. The Morgan fingerprint density at radius 3 is 2.70 bits per heavy atom. The molecule has 2 unspecified atom stereocenters. The molecule has 0 bridgehead atoms. The van der Waals surface area contributed by atoms with Crippen molar-refractivity contribution < 1.29 is 18.7 Å². The van der Waals surface area contributed by atoms with Gasteiger partial charge in [-0.25, -0.2) is 4.39 Å². The topological polar surface area (TPSA) is 55.4 Å². The summed E-state index contributed by atoms with van der Waals surface area (Å²) in [4.78, 5) is 24.5. The molecule has 1 aromatic carbocycles. The molecule has 0 aliphatic carbocycles. The van der Waals surface area contributed by atoms with Gasteiger partial charge in [0.05, 0.1) is 22.6 Å². The number of carbonyl (C=O) groups is 2. The fraction of sp³-hybridized carbons (Fsp3) is 0.375. The molecular weight excluding hydrogens is 432 g/mol. The van der Waals surface area contributed by atoms with Crippen molar-refractivity contribution in [2.24, 2.45) is 5.92 Å². The van der Waals surface area contributed by atoms with E-state index in [0.29, 0.717) is 16.2 Å². The van der Waals surface area contributed by atoms with Gasteiger partial charge in [-0.1, -0.05) is 11.8 Å². The molecule has 1 heterocycles. The highest BCUT2D eigenvalue weighted by atomic mass is 127. The van der Waals surface area contributed by atoms with Crippen LogP contribution < -0.4 is 5.32 Å². The highest BCUT2D eigenvalue weighted by Crippen LogP contribution is 2.43. The van der Waals surface area contributed by atoms with Crippen LogP contribution in [0.3, 0.4) is 0 Å². The number of hydrogen-bond donors (Lipinski definition) is 1. The van der Waals surface area contributed by atoms with Crippen molar-refractivity contribution in [2.75, 3.05) is 11.9 Å². The molecule has 1 aromatic rings. The van der Waals surface area contributed by atoms with Crippen molar-refractivity contribution in [1.29, 1.82) is 0 Å². The Balaban J connectivity index is 2.29. The monoisotopic (exact) mass is 449 g/mol. The zero-order valence-electron chi connectivity index (χ0n) is 13.0. The second-order valence-electron chi connectivity index (χ2n) is 5.10. The maximum absolute atomic E-state index is 14.1. The van der Waals surface area contributed by atoms with Crippen LogP contribution in [0.1, 0.15) is 20.8 Å². The number of thioether (sulfide) groups is 1. The van der Waals surface area contributed by atoms with Gasteiger partial charge < -0.3 is 10.1 Å². The van der Waals surface area contributed by atoms with E-state index in [0.717, 1.165) is 3.57 Å². The van der Waals surface area contributed by atoms with E-state index in [4.69, 9.17) is 4.74 Å². The first-order valence-electron chi connectivity index (χ1n) is 7.11. The summed E-state index contributed by atoms with van der Waals surface area (Å²) < 4.78 is 20.0. The fourth-order valence-electron chi connectivity index (χ4n) is 2.42. The van der Waals surface area contributed by atoms with E-state index in [1.807, 2.05) is 22.6 Å². The molecule has 23 heavy (non-hydrogen) atoms. The Morgan fingerprint density at radius 2 is 2.13 bits per heavy atom. The summed E-state index contributed by atoms with van der Waals surface area (Å²) in [5.74, 6) is -1.52. The molecule has 2 rings (SSSR count). The van der Waals surface area contributed by atoms with Crippen LogP contribution in [0.4, 0.5) is 10.1 Å². The molecule has 0 aromatic heterocycles. The van der Waals surface area contributed by atoms with E-state index < -0.39 is 23.1 Å². The number of allylic oxidation sites excluding steroid dienone is 1. The van der Waals surface area contributed by atoms with Crippen LogP contribution in [0.5, 0.6) is 0 Å². The second-order valence-corrected chi connectivity index (χ2v) is 7.50. The van der Waals surface area contributed by atoms with E-state index >= 15 is 0 Å². The quantitative estimate of drug-likeness (QED) is 0.545.